The van der Waals surface area contributed by atoms with E-state index in [4.69, 9.17) is 4.74 Å². The van der Waals surface area contributed by atoms with E-state index in [-0.39, 0.29) is 25.7 Å². The minimum Gasteiger partial charge on any atom is -0.491 e. The number of H-pyrrole nitrogens is 1. The molecule has 1 fully saturated rings. The van der Waals surface area contributed by atoms with Gasteiger partial charge in [0.15, 0.2) is 0 Å². The molecule has 1 aliphatic carbocycles. The first-order valence-electron chi connectivity index (χ1n) is 12.7. The number of fused-ring (bicyclic) bond motifs is 2. The van der Waals surface area contributed by atoms with Crippen LogP contribution in [0.5, 0.6) is 5.75 Å². The van der Waals surface area contributed by atoms with Gasteiger partial charge < -0.3 is 14.6 Å². The van der Waals surface area contributed by atoms with Crippen molar-refractivity contribution < 1.29 is 31.1 Å². The van der Waals surface area contributed by atoms with Gasteiger partial charge in [-0.3, -0.25) is 4.79 Å². The van der Waals surface area contributed by atoms with Crippen LogP contribution in [0.2, 0.25) is 0 Å². The highest BCUT2D eigenvalue weighted by Gasteiger charge is 2.38. The van der Waals surface area contributed by atoms with Gasteiger partial charge in [0.05, 0.1) is 33.6 Å². The molecule has 0 unspecified atom stereocenters. The van der Waals surface area contributed by atoms with Crippen LogP contribution in [0, 0.1) is 6.92 Å². The molecule has 0 saturated heterocycles. The summed E-state index contributed by atoms with van der Waals surface area (Å²) in [5.74, 6) is 0.475. The first-order chi connectivity index (χ1) is 19.0. The van der Waals surface area contributed by atoms with Crippen molar-refractivity contribution in [3.05, 3.63) is 77.1 Å². The van der Waals surface area contributed by atoms with Crippen LogP contribution >= 0.6 is 0 Å². The van der Waals surface area contributed by atoms with Gasteiger partial charge in [-0.25, -0.2) is 18.1 Å². The maximum Gasteiger partial charge on any atom is 0.417 e. The molecule has 0 bridgehead atoms. The standard InChI is InChI=1S/C28H25F3N4O4S/c1-16-32-24-8-2-18(13-25(24)33-16)17-3-9-26-19(12-17)15-35(10-11-39-26)27(36)22-7-6-21(14-23(22)28(29,30)31)40(37,38)34-20-4-5-20/h2-3,6-9,12-14,20,34H,4-5,10-11,15H2,1H3,(H,32,33). The zero-order valence-electron chi connectivity index (χ0n) is 21.4. The van der Waals surface area contributed by atoms with Crippen molar-refractivity contribution in [3.8, 4) is 16.9 Å². The Balaban J connectivity index is 1.31. The molecule has 1 saturated carbocycles. The number of nitrogens with one attached hydrogen (secondary N) is 2. The number of amides is 1. The van der Waals surface area contributed by atoms with Crippen molar-refractivity contribution in [2.24, 2.45) is 0 Å². The highest BCUT2D eigenvalue weighted by atomic mass is 32.2. The van der Waals surface area contributed by atoms with E-state index in [1.807, 2.05) is 37.3 Å². The number of carbonyl (C=O) groups is 1. The number of imidazole rings is 1. The fourth-order valence-corrected chi connectivity index (χ4v) is 6.17. The number of aromatic amines is 1. The lowest BCUT2D eigenvalue weighted by atomic mass is 10.0. The molecule has 208 valence electrons. The van der Waals surface area contributed by atoms with Crippen LogP contribution in [0.4, 0.5) is 13.2 Å². The summed E-state index contributed by atoms with van der Waals surface area (Å²) in [5.41, 5.74) is 2.19. The van der Waals surface area contributed by atoms with Gasteiger partial charge in [0.25, 0.3) is 5.91 Å². The molecule has 40 heavy (non-hydrogen) atoms. The third-order valence-corrected chi connectivity index (χ3v) is 8.52. The number of carbonyl (C=O) groups excluding carboxylic acids is 1. The van der Waals surface area contributed by atoms with Crippen LogP contribution in [0.15, 0.2) is 59.5 Å². The second-order valence-electron chi connectivity index (χ2n) is 10.1. The lowest BCUT2D eigenvalue weighted by Gasteiger charge is -2.23. The highest BCUT2D eigenvalue weighted by Crippen LogP contribution is 2.36. The molecule has 4 aromatic rings. The average Bonchev–Trinajstić information content (AvgIpc) is 3.67. The van der Waals surface area contributed by atoms with E-state index < -0.39 is 38.1 Å². The van der Waals surface area contributed by atoms with Crippen LogP contribution in [0.25, 0.3) is 22.2 Å². The predicted molar refractivity (Wildman–Crippen MR) is 141 cm³/mol. The Morgan fingerprint density at radius 3 is 2.58 bits per heavy atom. The largest absolute Gasteiger partial charge is 0.491 e. The Kier molecular flexibility index (Phi) is 6.34. The zero-order chi connectivity index (χ0) is 28.2. The summed E-state index contributed by atoms with van der Waals surface area (Å²) in [6, 6.07) is 13.6. The number of hydrogen-bond donors (Lipinski definition) is 2. The number of benzene rings is 3. The molecule has 3 aromatic carbocycles. The third-order valence-electron chi connectivity index (χ3n) is 7.00. The van der Waals surface area contributed by atoms with E-state index in [1.54, 1.807) is 6.07 Å². The second-order valence-corrected chi connectivity index (χ2v) is 11.8. The van der Waals surface area contributed by atoms with E-state index in [0.717, 1.165) is 40.1 Å². The summed E-state index contributed by atoms with van der Waals surface area (Å²) in [4.78, 5) is 21.9. The molecular weight excluding hydrogens is 545 g/mol. The van der Waals surface area contributed by atoms with Gasteiger partial charge in [-0.1, -0.05) is 12.1 Å². The molecule has 1 aliphatic heterocycles. The van der Waals surface area contributed by atoms with E-state index in [0.29, 0.717) is 30.2 Å². The van der Waals surface area contributed by atoms with Crippen LogP contribution in [0.1, 0.15) is 40.2 Å². The molecular formula is C28H25F3N4O4S. The predicted octanol–water partition coefficient (Wildman–Crippen LogP) is 5.03. The summed E-state index contributed by atoms with van der Waals surface area (Å²) >= 11 is 0. The number of ether oxygens (including phenoxy) is 1. The summed E-state index contributed by atoms with van der Waals surface area (Å²) in [5, 5.41) is 0. The third kappa shape index (κ3) is 5.16. The van der Waals surface area contributed by atoms with Crippen molar-refractivity contribution in [1.29, 1.82) is 0 Å². The lowest BCUT2D eigenvalue weighted by molar-refractivity contribution is -0.138. The number of alkyl halides is 3. The number of nitrogens with zero attached hydrogens (tertiary/aromatic N) is 2. The van der Waals surface area contributed by atoms with E-state index in [9.17, 15) is 26.4 Å². The second kappa shape index (κ2) is 9.63. The maximum absolute atomic E-state index is 14.1. The monoisotopic (exact) mass is 570 g/mol. The van der Waals surface area contributed by atoms with E-state index in [2.05, 4.69) is 14.7 Å². The summed E-state index contributed by atoms with van der Waals surface area (Å²) in [6.07, 6.45) is -3.66. The van der Waals surface area contributed by atoms with Crippen molar-refractivity contribution in [3.63, 3.8) is 0 Å². The molecule has 6 rings (SSSR count). The molecule has 2 N–H and O–H groups in total. The number of hydrogen-bond acceptors (Lipinski definition) is 5. The van der Waals surface area contributed by atoms with E-state index in [1.165, 1.54) is 4.90 Å². The van der Waals surface area contributed by atoms with Gasteiger partial charge >= 0.3 is 6.18 Å². The Hall–Kier alpha value is -3.90. The Morgan fingerprint density at radius 1 is 1.07 bits per heavy atom. The van der Waals surface area contributed by atoms with Crippen LogP contribution in [-0.2, 0) is 22.7 Å². The summed E-state index contributed by atoms with van der Waals surface area (Å²) in [6.45, 7) is 2.04. The molecule has 1 amide bonds. The van der Waals surface area contributed by atoms with Crippen LogP contribution in [-0.4, -0.2) is 48.4 Å². The SMILES string of the molecule is Cc1nc2ccc(-c3ccc4c(c3)CN(C(=O)c3ccc(S(=O)(=O)NC5CC5)cc3C(F)(F)F)CCO4)cc2[nH]1. The Bertz CT molecular complexity index is 1750. The minimum atomic E-state index is -4.94. The van der Waals surface area contributed by atoms with Gasteiger partial charge in [0, 0.05) is 18.2 Å². The quantitative estimate of drug-likeness (QED) is 0.350. The Morgan fingerprint density at radius 2 is 1.82 bits per heavy atom. The lowest BCUT2D eigenvalue weighted by Crippen LogP contribution is -2.34. The number of aryl methyl sites for hydroxylation is 1. The topological polar surface area (TPSA) is 104 Å². The first kappa shape index (κ1) is 26.3. The molecule has 0 spiro atoms. The van der Waals surface area contributed by atoms with Crippen molar-refractivity contribution in [1.82, 2.24) is 19.6 Å². The molecule has 8 nitrogen and oxygen atoms in total. The average molecular weight is 571 g/mol. The van der Waals surface area contributed by atoms with Gasteiger partial charge in [-0.2, -0.15) is 13.2 Å². The molecule has 1 aromatic heterocycles. The normalized spacial score (nSPS) is 15.9. The molecule has 2 aliphatic rings. The van der Waals surface area contributed by atoms with Crippen molar-refractivity contribution >= 4 is 27.0 Å². The van der Waals surface area contributed by atoms with Gasteiger partial charge in [0.2, 0.25) is 10.0 Å². The maximum atomic E-state index is 14.1. The van der Waals surface area contributed by atoms with E-state index >= 15 is 0 Å². The van der Waals surface area contributed by atoms with Crippen molar-refractivity contribution in [2.75, 3.05) is 13.2 Å². The van der Waals surface area contributed by atoms with Crippen LogP contribution < -0.4 is 9.46 Å². The fourth-order valence-electron chi connectivity index (χ4n) is 4.83. The van der Waals surface area contributed by atoms with Gasteiger partial charge in [-0.05, 0) is 73.4 Å². The smallest absolute Gasteiger partial charge is 0.417 e. The molecule has 2 heterocycles. The van der Waals surface area contributed by atoms with Gasteiger partial charge in [0.1, 0.15) is 18.2 Å². The fraction of sp³-hybridized carbons (Fsp3) is 0.286. The number of aromatic nitrogens is 2. The number of halogens is 3. The summed E-state index contributed by atoms with van der Waals surface area (Å²) in [7, 11) is -4.14. The highest BCUT2D eigenvalue weighted by molar-refractivity contribution is 7.89. The van der Waals surface area contributed by atoms with Gasteiger partial charge in [-0.15, -0.1) is 0 Å². The number of rotatable bonds is 5. The molecule has 0 radical (unpaired) electrons. The molecule has 0 atom stereocenters. The number of sulfonamides is 1. The minimum absolute atomic E-state index is 0.0218. The first-order valence-corrected chi connectivity index (χ1v) is 14.2. The summed E-state index contributed by atoms with van der Waals surface area (Å²) < 4.78 is 75.5. The van der Waals surface area contributed by atoms with Crippen molar-refractivity contribution in [2.45, 2.75) is 43.4 Å². The molecule has 12 heteroatoms. The Labute approximate surface area is 228 Å². The van der Waals surface area contributed by atoms with Crippen LogP contribution in [0.3, 0.4) is 0 Å². The zero-order valence-corrected chi connectivity index (χ0v) is 22.2.